The van der Waals surface area contributed by atoms with Crippen molar-refractivity contribution in [2.45, 2.75) is 32.9 Å². The van der Waals surface area contributed by atoms with Gasteiger partial charge in [0.05, 0.1) is 6.10 Å². The lowest BCUT2D eigenvalue weighted by Gasteiger charge is -2.18. The van der Waals surface area contributed by atoms with E-state index in [4.69, 9.17) is 16.3 Å². The van der Waals surface area contributed by atoms with E-state index >= 15 is 0 Å². The number of nitrogens with one attached hydrogen (secondary N) is 1. The molecule has 0 bridgehead atoms. The largest absolute Gasteiger partial charge is 0.377 e. The first-order valence-electron chi connectivity index (χ1n) is 5.74. The van der Waals surface area contributed by atoms with Crippen LogP contribution in [0.25, 0.3) is 0 Å². The Morgan fingerprint density at radius 3 is 2.44 bits per heavy atom. The number of hydrogen-bond donors (Lipinski definition) is 1. The average Bonchev–Trinajstić information content (AvgIpc) is 2.27. The highest BCUT2D eigenvalue weighted by molar-refractivity contribution is 6.30. The van der Waals surface area contributed by atoms with Gasteiger partial charge in [0, 0.05) is 24.2 Å². The average molecular weight is 242 g/mol. The monoisotopic (exact) mass is 241 g/mol. The smallest absolute Gasteiger partial charge is 0.0671 e. The summed E-state index contributed by atoms with van der Waals surface area (Å²) in [6.45, 7) is 7.85. The van der Waals surface area contributed by atoms with Gasteiger partial charge in [0.25, 0.3) is 0 Å². The van der Waals surface area contributed by atoms with Gasteiger partial charge in [0.1, 0.15) is 0 Å². The van der Waals surface area contributed by atoms with E-state index in [0.717, 1.165) is 18.2 Å². The van der Waals surface area contributed by atoms with Gasteiger partial charge in [-0.15, -0.1) is 0 Å². The first kappa shape index (κ1) is 13.5. The molecule has 0 aliphatic rings. The molecule has 2 nitrogen and oxygen atoms in total. The van der Waals surface area contributed by atoms with Gasteiger partial charge in [-0.05, 0) is 38.5 Å². The summed E-state index contributed by atoms with van der Waals surface area (Å²) in [4.78, 5) is 0. The highest BCUT2D eigenvalue weighted by atomic mass is 35.5. The minimum Gasteiger partial charge on any atom is -0.377 e. The van der Waals surface area contributed by atoms with E-state index < -0.39 is 0 Å². The number of halogens is 1. The summed E-state index contributed by atoms with van der Waals surface area (Å²) >= 11 is 5.84. The Morgan fingerprint density at radius 2 is 1.88 bits per heavy atom. The van der Waals surface area contributed by atoms with Crippen LogP contribution >= 0.6 is 11.6 Å². The third kappa shape index (κ3) is 4.52. The van der Waals surface area contributed by atoms with Crippen molar-refractivity contribution >= 4 is 11.6 Å². The molecule has 1 aromatic rings. The molecule has 90 valence electrons. The van der Waals surface area contributed by atoms with E-state index in [0.29, 0.717) is 6.04 Å². The molecule has 2 unspecified atom stereocenters. The fraction of sp³-hybridized carbons (Fsp3) is 0.538. The molecule has 0 spiro atoms. The van der Waals surface area contributed by atoms with Crippen molar-refractivity contribution in [2.75, 3.05) is 13.2 Å². The standard InChI is InChI=1S/C13H20ClNO/c1-4-16-10(2)9-15-11(3)12-5-7-13(14)8-6-12/h5-8,10-11,15H,4,9H2,1-3H3. The molecule has 2 atom stereocenters. The maximum atomic E-state index is 5.84. The molecule has 0 saturated carbocycles. The maximum absolute atomic E-state index is 5.84. The van der Waals surface area contributed by atoms with E-state index in [1.807, 2.05) is 31.2 Å². The van der Waals surface area contributed by atoms with Crippen LogP contribution in [0.15, 0.2) is 24.3 Å². The van der Waals surface area contributed by atoms with Crippen LogP contribution in [0.5, 0.6) is 0 Å². The normalized spacial score (nSPS) is 14.8. The maximum Gasteiger partial charge on any atom is 0.0671 e. The number of ether oxygens (including phenoxy) is 1. The van der Waals surface area contributed by atoms with Crippen LogP contribution in [0.2, 0.25) is 5.02 Å². The Morgan fingerprint density at radius 1 is 1.25 bits per heavy atom. The number of benzene rings is 1. The zero-order valence-corrected chi connectivity index (χ0v) is 10.9. The van der Waals surface area contributed by atoms with Gasteiger partial charge in [0.15, 0.2) is 0 Å². The van der Waals surface area contributed by atoms with Crippen LogP contribution in [0.3, 0.4) is 0 Å². The third-order valence-electron chi connectivity index (χ3n) is 2.53. The summed E-state index contributed by atoms with van der Waals surface area (Å²) in [6.07, 6.45) is 0.250. The summed E-state index contributed by atoms with van der Waals surface area (Å²) in [5.41, 5.74) is 1.24. The molecule has 1 rings (SSSR count). The summed E-state index contributed by atoms with van der Waals surface area (Å²) in [6, 6.07) is 8.25. The molecule has 0 amide bonds. The van der Waals surface area contributed by atoms with Crippen LogP contribution in [0, 0.1) is 0 Å². The Hall–Kier alpha value is -0.570. The Kier molecular flexibility index (Phi) is 5.81. The zero-order chi connectivity index (χ0) is 12.0. The third-order valence-corrected chi connectivity index (χ3v) is 2.78. The van der Waals surface area contributed by atoms with E-state index in [-0.39, 0.29) is 6.10 Å². The van der Waals surface area contributed by atoms with Crippen molar-refractivity contribution in [1.29, 1.82) is 0 Å². The summed E-state index contributed by atoms with van der Waals surface area (Å²) in [7, 11) is 0. The van der Waals surface area contributed by atoms with Gasteiger partial charge in [0.2, 0.25) is 0 Å². The van der Waals surface area contributed by atoms with Crippen molar-refractivity contribution < 1.29 is 4.74 Å². The van der Waals surface area contributed by atoms with Gasteiger partial charge in [-0.1, -0.05) is 23.7 Å². The summed E-state index contributed by atoms with van der Waals surface area (Å²) in [5, 5.41) is 4.21. The SMILES string of the molecule is CCOC(C)CNC(C)c1ccc(Cl)cc1. The fourth-order valence-electron chi connectivity index (χ4n) is 1.56. The van der Waals surface area contributed by atoms with Crippen molar-refractivity contribution in [3.05, 3.63) is 34.9 Å². The molecule has 0 radical (unpaired) electrons. The lowest BCUT2D eigenvalue weighted by atomic mass is 10.1. The number of hydrogen-bond acceptors (Lipinski definition) is 2. The highest BCUT2D eigenvalue weighted by Gasteiger charge is 2.07. The molecular formula is C13H20ClNO. The molecular weight excluding hydrogens is 222 g/mol. The minimum atomic E-state index is 0.250. The van der Waals surface area contributed by atoms with E-state index in [1.165, 1.54) is 5.56 Å². The second-order valence-electron chi connectivity index (χ2n) is 3.95. The van der Waals surface area contributed by atoms with Crippen LogP contribution in [0.4, 0.5) is 0 Å². The Labute approximate surface area is 103 Å². The van der Waals surface area contributed by atoms with Crippen LogP contribution in [0.1, 0.15) is 32.4 Å². The molecule has 1 N–H and O–H groups in total. The fourth-order valence-corrected chi connectivity index (χ4v) is 1.68. The molecule has 1 aromatic carbocycles. The lowest BCUT2D eigenvalue weighted by molar-refractivity contribution is 0.0743. The quantitative estimate of drug-likeness (QED) is 0.824. The van der Waals surface area contributed by atoms with Gasteiger partial charge < -0.3 is 10.1 Å². The number of rotatable bonds is 6. The first-order chi connectivity index (χ1) is 7.63. The van der Waals surface area contributed by atoms with Gasteiger partial charge >= 0.3 is 0 Å². The van der Waals surface area contributed by atoms with E-state index in [1.54, 1.807) is 0 Å². The van der Waals surface area contributed by atoms with Gasteiger partial charge in [-0.2, -0.15) is 0 Å². The van der Waals surface area contributed by atoms with E-state index in [2.05, 4.69) is 19.2 Å². The van der Waals surface area contributed by atoms with Crippen LogP contribution in [-0.2, 0) is 4.74 Å². The molecule has 16 heavy (non-hydrogen) atoms. The molecule has 0 saturated heterocycles. The van der Waals surface area contributed by atoms with Crippen LogP contribution in [-0.4, -0.2) is 19.3 Å². The molecule has 0 heterocycles. The molecule has 0 fully saturated rings. The predicted octanol–water partition coefficient (Wildman–Crippen LogP) is 3.42. The van der Waals surface area contributed by atoms with Gasteiger partial charge in [-0.25, -0.2) is 0 Å². The Balaban J connectivity index is 2.40. The van der Waals surface area contributed by atoms with Crippen molar-refractivity contribution in [2.24, 2.45) is 0 Å². The van der Waals surface area contributed by atoms with Crippen molar-refractivity contribution in [1.82, 2.24) is 5.32 Å². The zero-order valence-electron chi connectivity index (χ0n) is 10.2. The topological polar surface area (TPSA) is 21.3 Å². The molecule has 0 aliphatic heterocycles. The van der Waals surface area contributed by atoms with Crippen molar-refractivity contribution in [3.63, 3.8) is 0 Å². The summed E-state index contributed by atoms with van der Waals surface area (Å²) in [5.74, 6) is 0. The minimum absolute atomic E-state index is 0.250. The predicted molar refractivity (Wildman–Crippen MR) is 69.0 cm³/mol. The molecule has 0 aliphatic carbocycles. The van der Waals surface area contributed by atoms with E-state index in [9.17, 15) is 0 Å². The second-order valence-corrected chi connectivity index (χ2v) is 4.38. The van der Waals surface area contributed by atoms with Crippen molar-refractivity contribution in [3.8, 4) is 0 Å². The molecule has 3 heteroatoms. The second kappa shape index (κ2) is 6.89. The highest BCUT2D eigenvalue weighted by Crippen LogP contribution is 2.15. The molecule has 0 aromatic heterocycles. The van der Waals surface area contributed by atoms with Gasteiger partial charge in [-0.3, -0.25) is 0 Å². The lowest BCUT2D eigenvalue weighted by Crippen LogP contribution is -2.29. The Bertz CT molecular complexity index is 299. The van der Waals surface area contributed by atoms with Crippen LogP contribution < -0.4 is 5.32 Å². The first-order valence-corrected chi connectivity index (χ1v) is 6.11. The summed E-state index contributed by atoms with van der Waals surface area (Å²) < 4.78 is 5.46.